The normalized spacial score (nSPS) is 15.2. The van der Waals surface area contributed by atoms with Gasteiger partial charge in [0.05, 0.1) is 13.0 Å². The number of amides is 1. The molecule has 1 heterocycles. The van der Waals surface area contributed by atoms with Crippen LogP contribution in [0.25, 0.3) is 0 Å². The molecule has 1 atom stereocenters. The Morgan fingerprint density at radius 2 is 2.04 bits per heavy atom. The monoisotopic (exact) mass is 373 g/mol. The van der Waals surface area contributed by atoms with Crippen molar-refractivity contribution in [2.24, 2.45) is 5.92 Å². The van der Waals surface area contributed by atoms with E-state index in [1.54, 1.807) is 43.9 Å². The molecule has 1 unspecified atom stereocenters. The molecule has 6 heteroatoms. The second-order valence-corrected chi connectivity index (χ2v) is 7.57. The van der Waals surface area contributed by atoms with E-state index in [0.717, 1.165) is 5.56 Å². The van der Waals surface area contributed by atoms with Gasteiger partial charge in [-0.1, -0.05) is 30.3 Å². The lowest BCUT2D eigenvalue weighted by molar-refractivity contribution is -0.155. The van der Waals surface area contributed by atoms with Crippen LogP contribution in [0.3, 0.4) is 0 Å². The molecule has 0 bridgehead atoms. The predicted molar refractivity (Wildman–Crippen MR) is 101 cm³/mol. The number of carbonyl (C=O) groups is 3. The molecule has 1 aliphatic heterocycles. The molecule has 0 saturated carbocycles. The third-order valence-electron chi connectivity index (χ3n) is 4.14. The Morgan fingerprint density at radius 3 is 2.63 bits per heavy atom. The van der Waals surface area contributed by atoms with Gasteiger partial charge in [-0.05, 0) is 32.8 Å². The van der Waals surface area contributed by atoms with E-state index in [2.05, 4.69) is 6.58 Å². The van der Waals surface area contributed by atoms with Crippen molar-refractivity contribution in [1.29, 1.82) is 0 Å². The fourth-order valence-electron chi connectivity index (χ4n) is 2.96. The standard InChI is InChI=1S/C21H27NO5/c1-5-8-15(13-18(23)27-21(2,3)4)19(24)17-10-7-6-9-16(17)14-22-11-12-26-20(22)25/h5-7,9-10,15H,1,8,11-14H2,2-4H3. The first-order chi connectivity index (χ1) is 12.7. The first kappa shape index (κ1) is 20.7. The fourth-order valence-corrected chi connectivity index (χ4v) is 2.96. The van der Waals surface area contributed by atoms with Crippen molar-refractivity contribution < 1.29 is 23.9 Å². The zero-order valence-corrected chi connectivity index (χ0v) is 16.2. The number of nitrogens with zero attached hydrogens (tertiary/aromatic N) is 1. The lowest BCUT2D eigenvalue weighted by atomic mass is 9.89. The minimum atomic E-state index is -0.604. The van der Waals surface area contributed by atoms with Gasteiger partial charge in [0.2, 0.25) is 0 Å². The van der Waals surface area contributed by atoms with Crippen LogP contribution < -0.4 is 0 Å². The van der Waals surface area contributed by atoms with Crippen molar-refractivity contribution in [3.05, 3.63) is 48.0 Å². The molecule has 0 spiro atoms. The van der Waals surface area contributed by atoms with Crippen LogP contribution in [0.2, 0.25) is 0 Å². The van der Waals surface area contributed by atoms with Crippen molar-refractivity contribution >= 4 is 17.8 Å². The van der Waals surface area contributed by atoms with E-state index in [9.17, 15) is 14.4 Å². The number of ketones is 1. The van der Waals surface area contributed by atoms with Gasteiger partial charge in [-0.3, -0.25) is 9.59 Å². The Morgan fingerprint density at radius 1 is 1.33 bits per heavy atom. The third-order valence-corrected chi connectivity index (χ3v) is 4.14. The van der Waals surface area contributed by atoms with E-state index in [1.165, 1.54) is 0 Å². The molecule has 1 aromatic carbocycles. The van der Waals surface area contributed by atoms with Gasteiger partial charge in [0.15, 0.2) is 5.78 Å². The van der Waals surface area contributed by atoms with Crippen LogP contribution in [-0.4, -0.2) is 41.5 Å². The maximum Gasteiger partial charge on any atom is 0.410 e. The van der Waals surface area contributed by atoms with Gasteiger partial charge in [-0.15, -0.1) is 6.58 Å². The molecule has 146 valence electrons. The Labute approximate surface area is 160 Å². The number of ether oxygens (including phenoxy) is 2. The van der Waals surface area contributed by atoms with Crippen molar-refractivity contribution in [3.8, 4) is 0 Å². The van der Waals surface area contributed by atoms with Crippen LogP contribution in [0.1, 0.15) is 49.5 Å². The highest BCUT2D eigenvalue weighted by Crippen LogP contribution is 2.23. The molecule has 6 nitrogen and oxygen atoms in total. The van der Waals surface area contributed by atoms with Gasteiger partial charge in [-0.25, -0.2) is 4.79 Å². The molecule has 1 amide bonds. The molecular formula is C21H27NO5. The number of allylic oxidation sites excluding steroid dienone is 1. The van der Waals surface area contributed by atoms with Gasteiger partial charge in [0.25, 0.3) is 0 Å². The van der Waals surface area contributed by atoms with E-state index >= 15 is 0 Å². The fraction of sp³-hybridized carbons (Fsp3) is 0.476. The molecule has 0 radical (unpaired) electrons. The maximum atomic E-state index is 13.1. The van der Waals surface area contributed by atoms with Gasteiger partial charge >= 0.3 is 12.1 Å². The maximum absolute atomic E-state index is 13.1. The number of rotatable bonds is 8. The summed E-state index contributed by atoms with van der Waals surface area (Å²) < 4.78 is 10.3. The molecule has 0 aliphatic carbocycles. The molecule has 1 saturated heterocycles. The zero-order chi connectivity index (χ0) is 20.0. The smallest absolute Gasteiger partial charge is 0.410 e. The minimum absolute atomic E-state index is 0.0117. The number of carbonyl (C=O) groups excluding carboxylic acids is 3. The average Bonchev–Trinajstić information content (AvgIpc) is 2.97. The van der Waals surface area contributed by atoms with Gasteiger partial charge in [0.1, 0.15) is 12.2 Å². The lowest BCUT2D eigenvalue weighted by Gasteiger charge is -2.22. The molecule has 27 heavy (non-hydrogen) atoms. The average molecular weight is 373 g/mol. The van der Waals surface area contributed by atoms with E-state index in [4.69, 9.17) is 9.47 Å². The lowest BCUT2D eigenvalue weighted by Crippen LogP contribution is -2.28. The van der Waals surface area contributed by atoms with E-state index in [0.29, 0.717) is 31.7 Å². The summed E-state index contributed by atoms with van der Waals surface area (Å²) in [5, 5.41) is 0. The van der Waals surface area contributed by atoms with Crippen LogP contribution >= 0.6 is 0 Å². The predicted octanol–water partition coefficient (Wildman–Crippen LogP) is 3.75. The molecule has 1 aromatic rings. The van der Waals surface area contributed by atoms with Crippen molar-refractivity contribution in [1.82, 2.24) is 4.90 Å². The quantitative estimate of drug-likeness (QED) is 0.394. The summed E-state index contributed by atoms with van der Waals surface area (Å²) in [6.07, 6.45) is 1.61. The molecule has 1 fully saturated rings. The molecule has 0 N–H and O–H groups in total. The van der Waals surface area contributed by atoms with Crippen LogP contribution in [0.5, 0.6) is 0 Å². The van der Waals surface area contributed by atoms with E-state index in [1.807, 2.05) is 12.1 Å². The highest BCUT2D eigenvalue weighted by molar-refractivity contribution is 6.00. The number of Topliss-reactive ketones (excluding diaryl/α,β-unsaturated/α-hetero) is 1. The molecule has 1 aliphatic rings. The first-order valence-corrected chi connectivity index (χ1v) is 9.08. The summed E-state index contributed by atoms with van der Waals surface area (Å²) >= 11 is 0. The highest BCUT2D eigenvalue weighted by Gasteiger charge is 2.28. The van der Waals surface area contributed by atoms with E-state index < -0.39 is 17.5 Å². The summed E-state index contributed by atoms with van der Waals surface area (Å²) in [7, 11) is 0. The Hall–Kier alpha value is -2.63. The third kappa shape index (κ3) is 5.94. The summed E-state index contributed by atoms with van der Waals surface area (Å²) in [6, 6.07) is 7.14. The number of hydrogen-bond acceptors (Lipinski definition) is 5. The van der Waals surface area contributed by atoms with Gasteiger partial charge < -0.3 is 14.4 Å². The van der Waals surface area contributed by atoms with Crippen molar-refractivity contribution in [2.45, 2.75) is 45.8 Å². The van der Waals surface area contributed by atoms with Crippen molar-refractivity contribution in [2.75, 3.05) is 13.2 Å². The molecule has 0 aromatic heterocycles. The second kappa shape index (κ2) is 8.84. The summed E-state index contributed by atoms with van der Waals surface area (Å²) in [5.74, 6) is -1.11. The summed E-state index contributed by atoms with van der Waals surface area (Å²) in [4.78, 5) is 38.6. The van der Waals surface area contributed by atoms with Crippen LogP contribution in [0.15, 0.2) is 36.9 Å². The Bertz CT molecular complexity index is 720. The molecular weight excluding hydrogens is 346 g/mol. The Balaban J connectivity index is 2.18. The number of esters is 1. The van der Waals surface area contributed by atoms with Crippen molar-refractivity contribution in [3.63, 3.8) is 0 Å². The zero-order valence-electron chi connectivity index (χ0n) is 16.2. The number of benzene rings is 1. The minimum Gasteiger partial charge on any atom is -0.460 e. The SMILES string of the molecule is C=CCC(CC(=O)OC(C)(C)C)C(=O)c1ccccc1CN1CCOC1=O. The number of cyclic esters (lactones) is 1. The van der Waals surface area contributed by atoms with E-state index in [-0.39, 0.29) is 18.3 Å². The van der Waals surface area contributed by atoms with Crippen LogP contribution in [0, 0.1) is 5.92 Å². The topological polar surface area (TPSA) is 72.9 Å². The summed E-state index contributed by atoms with van der Waals surface area (Å²) in [5.41, 5.74) is 0.639. The molecule has 2 rings (SSSR count). The van der Waals surface area contributed by atoms with Gasteiger partial charge in [0, 0.05) is 18.0 Å². The number of hydrogen-bond donors (Lipinski definition) is 0. The van der Waals surface area contributed by atoms with Gasteiger partial charge in [-0.2, -0.15) is 0 Å². The first-order valence-electron chi connectivity index (χ1n) is 9.08. The summed E-state index contributed by atoms with van der Waals surface area (Å²) in [6.45, 7) is 10.2. The highest BCUT2D eigenvalue weighted by atomic mass is 16.6. The Kier molecular flexibility index (Phi) is 6.77. The van der Waals surface area contributed by atoms with Crippen LogP contribution in [-0.2, 0) is 20.8 Å². The largest absolute Gasteiger partial charge is 0.460 e. The van der Waals surface area contributed by atoms with Crippen LogP contribution in [0.4, 0.5) is 4.79 Å². The second-order valence-electron chi connectivity index (χ2n) is 7.57.